The van der Waals surface area contributed by atoms with E-state index in [0.29, 0.717) is 0 Å². The summed E-state index contributed by atoms with van der Waals surface area (Å²) in [6.45, 7) is -0.395. The molecule has 0 aromatic heterocycles. The first kappa shape index (κ1) is 14.2. The Labute approximate surface area is 113 Å². The van der Waals surface area contributed by atoms with Gasteiger partial charge in [0.1, 0.15) is 12.5 Å². The second kappa shape index (κ2) is 5.44. The van der Waals surface area contributed by atoms with E-state index in [1.807, 2.05) is 6.07 Å². The molecule has 1 aliphatic rings. The fourth-order valence-electron chi connectivity index (χ4n) is 1.95. The van der Waals surface area contributed by atoms with E-state index >= 15 is 0 Å². The number of carbonyl (C=O) groups is 2. The molecule has 1 fully saturated rings. The minimum absolute atomic E-state index is 0.0239. The molecule has 0 bridgehead atoms. The van der Waals surface area contributed by atoms with Crippen LogP contribution < -0.4 is 5.32 Å². The first-order valence-electron chi connectivity index (χ1n) is 5.98. The first-order chi connectivity index (χ1) is 9.43. The fraction of sp³-hybridized carbons (Fsp3) is 0.385. The summed E-state index contributed by atoms with van der Waals surface area (Å²) in [5.74, 6) is -7.92. The van der Waals surface area contributed by atoms with Crippen LogP contribution in [0.2, 0.25) is 0 Å². The summed E-state index contributed by atoms with van der Waals surface area (Å²) in [4.78, 5) is 21.8. The summed E-state index contributed by atoms with van der Waals surface area (Å²) in [5.41, 5.74) is 0.766. The highest BCUT2D eigenvalue weighted by molar-refractivity contribution is 5.76. The number of alkyl carbamates (subject to hydrolysis) is 1. The van der Waals surface area contributed by atoms with Gasteiger partial charge in [0.25, 0.3) is 5.92 Å². The number of hydrogen-bond acceptors (Lipinski definition) is 3. The van der Waals surface area contributed by atoms with Gasteiger partial charge in [0.05, 0.1) is 5.92 Å². The lowest BCUT2D eigenvalue weighted by Gasteiger charge is -2.06. The Morgan fingerprint density at radius 2 is 1.95 bits per heavy atom. The van der Waals surface area contributed by atoms with Crippen LogP contribution in [0.1, 0.15) is 5.56 Å². The number of aliphatic carboxylic acids is 1. The van der Waals surface area contributed by atoms with E-state index in [0.717, 1.165) is 5.56 Å². The predicted molar refractivity (Wildman–Crippen MR) is 64.2 cm³/mol. The van der Waals surface area contributed by atoms with Crippen molar-refractivity contribution in [3.63, 3.8) is 0 Å². The lowest BCUT2D eigenvalue weighted by Crippen LogP contribution is -2.27. The average molecular weight is 285 g/mol. The van der Waals surface area contributed by atoms with Crippen LogP contribution in [-0.4, -0.2) is 29.6 Å². The second-order valence-electron chi connectivity index (χ2n) is 4.54. The molecule has 0 spiro atoms. The number of alkyl halides is 2. The molecular formula is C13H13F2NO4. The topological polar surface area (TPSA) is 75.6 Å². The van der Waals surface area contributed by atoms with Crippen LogP contribution in [0.25, 0.3) is 0 Å². The van der Waals surface area contributed by atoms with Crippen LogP contribution in [0.3, 0.4) is 0 Å². The van der Waals surface area contributed by atoms with E-state index < -0.39 is 36.4 Å². The maximum absolute atomic E-state index is 13.0. The fourth-order valence-corrected chi connectivity index (χ4v) is 1.95. The summed E-state index contributed by atoms with van der Waals surface area (Å²) in [7, 11) is 0. The van der Waals surface area contributed by atoms with Crippen LogP contribution in [-0.2, 0) is 16.1 Å². The molecule has 5 nitrogen and oxygen atoms in total. The quantitative estimate of drug-likeness (QED) is 0.866. The van der Waals surface area contributed by atoms with Crippen LogP contribution in [0.5, 0.6) is 0 Å². The van der Waals surface area contributed by atoms with E-state index in [9.17, 15) is 18.4 Å². The predicted octanol–water partition coefficient (Wildman–Crippen LogP) is 1.88. The highest BCUT2D eigenvalue weighted by Crippen LogP contribution is 2.54. The van der Waals surface area contributed by atoms with Crippen molar-refractivity contribution in [2.45, 2.75) is 12.5 Å². The minimum Gasteiger partial charge on any atom is -0.481 e. The molecule has 7 heteroatoms. The van der Waals surface area contributed by atoms with Gasteiger partial charge >= 0.3 is 12.1 Å². The monoisotopic (exact) mass is 285 g/mol. The minimum atomic E-state index is -3.27. The Kier molecular flexibility index (Phi) is 3.87. The lowest BCUT2D eigenvalue weighted by molar-refractivity contribution is -0.140. The number of amides is 1. The molecule has 0 unspecified atom stereocenters. The number of halogens is 2. The van der Waals surface area contributed by atoms with Crippen LogP contribution in [0.4, 0.5) is 13.6 Å². The lowest BCUT2D eigenvalue weighted by atomic mass is 10.2. The number of carbonyl (C=O) groups excluding carboxylic acids is 1. The summed E-state index contributed by atoms with van der Waals surface area (Å²) < 4.78 is 30.9. The van der Waals surface area contributed by atoms with Gasteiger partial charge in [0, 0.05) is 6.54 Å². The molecule has 1 amide bonds. The van der Waals surface area contributed by atoms with E-state index in [4.69, 9.17) is 9.84 Å². The second-order valence-corrected chi connectivity index (χ2v) is 4.54. The third kappa shape index (κ3) is 3.04. The SMILES string of the molecule is O=C(NC[C@H]1[C@@H](C(=O)O)C1(F)F)OCc1ccccc1. The van der Waals surface area contributed by atoms with E-state index in [-0.39, 0.29) is 6.61 Å². The maximum Gasteiger partial charge on any atom is 0.407 e. The van der Waals surface area contributed by atoms with Crippen molar-refractivity contribution >= 4 is 12.1 Å². The maximum atomic E-state index is 13.0. The van der Waals surface area contributed by atoms with Crippen molar-refractivity contribution in [3.05, 3.63) is 35.9 Å². The van der Waals surface area contributed by atoms with Crippen molar-refractivity contribution in [1.82, 2.24) is 5.32 Å². The van der Waals surface area contributed by atoms with Crippen molar-refractivity contribution in [3.8, 4) is 0 Å². The number of benzene rings is 1. The Morgan fingerprint density at radius 3 is 2.50 bits per heavy atom. The Morgan fingerprint density at radius 1 is 1.30 bits per heavy atom. The molecule has 0 aliphatic heterocycles. The smallest absolute Gasteiger partial charge is 0.407 e. The molecule has 2 rings (SSSR count). The number of nitrogens with one attached hydrogen (secondary N) is 1. The molecule has 1 aromatic rings. The van der Waals surface area contributed by atoms with Crippen molar-refractivity contribution < 1.29 is 28.2 Å². The summed E-state index contributed by atoms with van der Waals surface area (Å²) in [6.07, 6.45) is -0.847. The van der Waals surface area contributed by atoms with Gasteiger partial charge < -0.3 is 15.2 Å². The zero-order valence-electron chi connectivity index (χ0n) is 10.4. The van der Waals surface area contributed by atoms with Crippen LogP contribution in [0, 0.1) is 11.8 Å². The Bertz CT molecular complexity index is 506. The average Bonchev–Trinajstić information content (AvgIpc) is 2.97. The third-order valence-corrected chi connectivity index (χ3v) is 3.15. The molecule has 1 aliphatic carbocycles. The van der Waals surface area contributed by atoms with Crippen molar-refractivity contribution in [2.75, 3.05) is 6.54 Å². The molecule has 2 N–H and O–H groups in total. The van der Waals surface area contributed by atoms with Gasteiger partial charge in [0.15, 0.2) is 0 Å². The van der Waals surface area contributed by atoms with E-state index in [1.54, 1.807) is 24.3 Å². The number of carboxylic acid groups (broad SMARTS) is 1. The van der Waals surface area contributed by atoms with Crippen LogP contribution >= 0.6 is 0 Å². The Balaban J connectivity index is 1.73. The number of hydrogen-bond donors (Lipinski definition) is 2. The van der Waals surface area contributed by atoms with Gasteiger partial charge in [-0.1, -0.05) is 30.3 Å². The van der Waals surface area contributed by atoms with Crippen LogP contribution in [0.15, 0.2) is 30.3 Å². The van der Waals surface area contributed by atoms with Crippen molar-refractivity contribution in [2.24, 2.45) is 11.8 Å². The molecule has 0 radical (unpaired) electrons. The number of ether oxygens (including phenoxy) is 1. The van der Waals surface area contributed by atoms with Gasteiger partial charge in [-0.15, -0.1) is 0 Å². The molecular weight excluding hydrogens is 272 g/mol. The summed E-state index contributed by atoms with van der Waals surface area (Å²) in [5, 5.41) is 10.7. The largest absolute Gasteiger partial charge is 0.481 e. The number of rotatable bonds is 5. The molecule has 0 heterocycles. The van der Waals surface area contributed by atoms with Gasteiger partial charge in [-0.3, -0.25) is 4.79 Å². The van der Waals surface area contributed by atoms with Crippen molar-refractivity contribution in [1.29, 1.82) is 0 Å². The normalized spacial score (nSPS) is 22.9. The van der Waals surface area contributed by atoms with E-state index in [1.165, 1.54) is 0 Å². The third-order valence-electron chi connectivity index (χ3n) is 3.15. The first-order valence-corrected chi connectivity index (χ1v) is 5.98. The molecule has 0 saturated heterocycles. The summed E-state index contributed by atoms with van der Waals surface area (Å²) in [6, 6.07) is 8.87. The molecule has 20 heavy (non-hydrogen) atoms. The zero-order valence-corrected chi connectivity index (χ0v) is 10.4. The Hall–Kier alpha value is -2.18. The van der Waals surface area contributed by atoms with Gasteiger partial charge in [-0.25, -0.2) is 13.6 Å². The van der Waals surface area contributed by atoms with Gasteiger partial charge in [-0.2, -0.15) is 0 Å². The van der Waals surface area contributed by atoms with Gasteiger partial charge in [0.2, 0.25) is 0 Å². The number of carboxylic acids is 1. The molecule has 1 saturated carbocycles. The molecule has 2 atom stereocenters. The highest BCUT2D eigenvalue weighted by Gasteiger charge is 2.72. The van der Waals surface area contributed by atoms with Gasteiger partial charge in [-0.05, 0) is 5.56 Å². The zero-order chi connectivity index (χ0) is 14.8. The summed E-state index contributed by atoms with van der Waals surface area (Å²) >= 11 is 0. The standard InChI is InChI=1S/C13H13F2NO4/c14-13(15)9(10(13)11(17)18)6-16-12(19)20-7-8-4-2-1-3-5-8/h1-5,9-10H,6-7H2,(H,16,19)(H,17,18)/t9-,10-/m0/s1. The highest BCUT2D eigenvalue weighted by atomic mass is 19.3. The molecule has 108 valence electrons. The van der Waals surface area contributed by atoms with E-state index in [2.05, 4.69) is 5.32 Å². The molecule has 1 aromatic carbocycles.